The summed E-state index contributed by atoms with van der Waals surface area (Å²) in [6, 6.07) is 9.40. The summed E-state index contributed by atoms with van der Waals surface area (Å²) < 4.78 is 29.6. The highest BCUT2D eigenvalue weighted by Crippen LogP contribution is 2.35. The van der Waals surface area contributed by atoms with E-state index in [0.29, 0.717) is 17.4 Å². The van der Waals surface area contributed by atoms with Gasteiger partial charge in [0.2, 0.25) is 0 Å². The van der Waals surface area contributed by atoms with Crippen LogP contribution in [0.1, 0.15) is 43.0 Å². The lowest BCUT2D eigenvalue weighted by Crippen LogP contribution is -2.06. The number of carbonyl (C=O) groups is 1. The summed E-state index contributed by atoms with van der Waals surface area (Å²) in [6.07, 6.45) is 0.285. The molecule has 3 nitrogen and oxygen atoms in total. The summed E-state index contributed by atoms with van der Waals surface area (Å²) in [7, 11) is 0. The lowest BCUT2D eigenvalue weighted by Gasteiger charge is -2.16. The maximum atomic E-state index is 13.9. The highest BCUT2D eigenvalue weighted by Gasteiger charge is 2.21. The highest BCUT2D eigenvalue weighted by molar-refractivity contribution is 5.88. The van der Waals surface area contributed by atoms with Crippen molar-refractivity contribution < 1.29 is 18.7 Å². The van der Waals surface area contributed by atoms with Crippen LogP contribution in [0.5, 0.6) is 0 Å². The molecule has 26 heavy (non-hydrogen) atoms. The van der Waals surface area contributed by atoms with E-state index in [2.05, 4.69) is 0 Å². The molecule has 1 N–H and O–H groups in total. The van der Waals surface area contributed by atoms with Crippen molar-refractivity contribution in [3.8, 4) is 5.69 Å². The molecule has 0 saturated carbocycles. The molecular formula is C21H21F2NO2. The van der Waals surface area contributed by atoms with E-state index in [1.165, 1.54) is 18.2 Å². The molecule has 0 fully saturated rings. The van der Waals surface area contributed by atoms with Crippen LogP contribution in [0.4, 0.5) is 8.78 Å². The van der Waals surface area contributed by atoms with Gasteiger partial charge in [-0.15, -0.1) is 0 Å². The van der Waals surface area contributed by atoms with Crippen LogP contribution in [0.2, 0.25) is 0 Å². The third kappa shape index (κ3) is 3.21. The number of fused-ring (bicyclic) bond motifs is 1. The molecule has 0 saturated heterocycles. The molecule has 0 unspecified atom stereocenters. The third-order valence-corrected chi connectivity index (χ3v) is 4.61. The van der Waals surface area contributed by atoms with Crippen molar-refractivity contribution >= 4 is 16.9 Å². The normalized spacial score (nSPS) is 11.5. The van der Waals surface area contributed by atoms with Crippen LogP contribution in [0.3, 0.4) is 0 Å². The molecule has 3 aromatic rings. The van der Waals surface area contributed by atoms with E-state index >= 15 is 0 Å². The van der Waals surface area contributed by atoms with Gasteiger partial charge in [0.15, 0.2) is 0 Å². The van der Waals surface area contributed by atoms with Crippen molar-refractivity contribution in [2.24, 2.45) is 0 Å². The van der Waals surface area contributed by atoms with Crippen LogP contribution in [-0.2, 0) is 11.2 Å². The second-order valence-corrected chi connectivity index (χ2v) is 6.84. The Balaban J connectivity index is 2.34. The first-order valence-electron chi connectivity index (χ1n) is 8.60. The van der Waals surface area contributed by atoms with Gasteiger partial charge in [-0.3, -0.25) is 4.79 Å². The van der Waals surface area contributed by atoms with Gasteiger partial charge in [0.25, 0.3) is 0 Å². The predicted molar refractivity (Wildman–Crippen MR) is 98.0 cm³/mol. The SMILES string of the molecule is Cc1cc(-n2c(C(C)C)c(CCC(=O)O)c3cc(F)ccc32)ccc1F. The molecule has 0 spiro atoms. The lowest BCUT2D eigenvalue weighted by molar-refractivity contribution is -0.136. The Labute approximate surface area is 150 Å². The predicted octanol–water partition coefficient (Wildman–Crippen LogP) is 5.36. The maximum absolute atomic E-state index is 13.9. The summed E-state index contributed by atoms with van der Waals surface area (Å²) >= 11 is 0. The van der Waals surface area contributed by atoms with Crippen molar-refractivity contribution in [3.05, 3.63) is 64.9 Å². The summed E-state index contributed by atoms with van der Waals surface area (Å²) in [6.45, 7) is 5.73. The Morgan fingerprint density at radius 1 is 1.15 bits per heavy atom. The fourth-order valence-corrected chi connectivity index (χ4v) is 3.50. The first kappa shape index (κ1) is 18.1. The standard InChI is InChI=1S/C21H21F2NO2/c1-12(2)21-16(6-9-20(25)26)17-11-14(22)4-8-19(17)24(21)15-5-7-18(23)13(3)10-15/h4-5,7-8,10-12H,6,9H2,1-3H3,(H,25,26). The lowest BCUT2D eigenvalue weighted by atomic mass is 9.99. The molecule has 0 atom stereocenters. The van der Waals surface area contributed by atoms with Crippen LogP contribution >= 0.6 is 0 Å². The Hall–Kier alpha value is -2.69. The zero-order valence-electron chi connectivity index (χ0n) is 15.0. The molecule has 0 radical (unpaired) electrons. The summed E-state index contributed by atoms with van der Waals surface area (Å²) in [4.78, 5) is 11.1. The number of nitrogens with zero attached hydrogens (tertiary/aromatic N) is 1. The Morgan fingerprint density at radius 3 is 2.50 bits per heavy atom. The molecule has 3 rings (SSSR count). The number of carboxylic acid groups (broad SMARTS) is 1. The molecule has 1 heterocycles. The van der Waals surface area contributed by atoms with Gasteiger partial charge < -0.3 is 9.67 Å². The number of hydrogen-bond acceptors (Lipinski definition) is 1. The van der Waals surface area contributed by atoms with E-state index in [1.54, 1.807) is 25.1 Å². The number of benzene rings is 2. The molecule has 1 aromatic heterocycles. The number of aliphatic carboxylic acids is 1. The largest absolute Gasteiger partial charge is 0.481 e. The summed E-state index contributed by atoms with van der Waals surface area (Å²) in [5.41, 5.74) is 3.86. The van der Waals surface area contributed by atoms with Crippen LogP contribution in [-0.4, -0.2) is 15.6 Å². The van der Waals surface area contributed by atoms with Gasteiger partial charge in [0.05, 0.1) is 5.52 Å². The number of halogens is 2. The molecule has 0 aliphatic rings. The zero-order chi connectivity index (χ0) is 19.0. The summed E-state index contributed by atoms with van der Waals surface area (Å²) in [5, 5.41) is 9.80. The minimum absolute atomic E-state index is 0.0300. The molecule has 136 valence electrons. The number of rotatable bonds is 5. The fourth-order valence-electron chi connectivity index (χ4n) is 3.50. The van der Waals surface area contributed by atoms with Gasteiger partial charge >= 0.3 is 5.97 Å². The topological polar surface area (TPSA) is 42.2 Å². The first-order chi connectivity index (χ1) is 12.3. The molecular weight excluding hydrogens is 336 g/mol. The van der Waals surface area contributed by atoms with Gasteiger partial charge in [-0.25, -0.2) is 8.78 Å². The minimum atomic E-state index is -0.894. The van der Waals surface area contributed by atoms with Crippen LogP contribution in [0.15, 0.2) is 36.4 Å². The van der Waals surface area contributed by atoms with Crippen LogP contribution in [0.25, 0.3) is 16.6 Å². The van der Waals surface area contributed by atoms with E-state index in [-0.39, 0.29) is 24.0 Å². The molecule has 0 aliphatic heterocycles. The summed E-state index contributed by atoms with van der Waals surface area (Å²) in [5.74, 6) is -1.46. The monoisotopic (exact) mass is 357 g/mol. The van der Waals surface area contributed by atoms with Crippen molar-refractivity contribution in [1.29, 1.82) is 0 Å². The van der Waals surface area contributed by atoms with Gasteiger partial charge in [-0.1, -0.05) is 13.8 Å². The van der Waals surface area contributed by atoms with Gasteiger partial charge in [-0.2, -0.15) is 0 Å². The minimum Gasteiger partial charge on any atom is -0.481 e. The number of aromatic nitrogens is 1. The molecule has 0 bridgehead atoms. The average Bonchev–Trinajstić information content (AvgIpc) is 2.89. The zero-order valence-corrected chi connectivity index (χ0v) is 15.0. The van der Waals surface area contributed by atoms with Gasteiger partial charge in [-0.05, 0) is 66.8 Å². The van der Waals surface area contributed by atoms with E-state index < -0.39 is 5.97 Å². The van der Waals surface area contributed by atoms with Crippen LogP contribution in [0, 0.1) is 18.6 Å². The van der Waals surface area contributed by atoms with Crippen molar-refractivity contribution in [2.45, 2.75) is 39.5 Å². The quantitative estimate of drug-likeness (QED) is 0.668. The second-order valence-electron chi connectivity index (χ2n) is 6.84. The molecule has 5 heteroatoms. The number of hydrogen-bond donors (Lipinski definition) is 1. The Morgan fingerprint density at radius 2 is 1.88 bits per heavy atom. The molecule has 0 amide bonds. The van der Waals surface area contributed by atoms with E-state index in [1.807, 2.05) is 18.4 Å². The van der Waals surface area contributed by atoms with Gasteiger partial charge in [0.1, 0.15) is 11.6 Å². The van der Waals surface area contributed by atoms with E-state index in [4.69, 9.17) is 5.11 Å². The fraction of sp³-hybridized carbons (Fsp3) is 0.286. The first-order valence-corrected chi connectivity index (χ1v) is 8.60. The van der Waals surface area contributed by atoms with Crippen molar-refractivity contribution in [2.75, 3.05) is 0 Å². The molecule has 2 aromatic carbocycles. The second kappa shape index (κ2) is 6.90. The number of carboxylic acids is 1. The van der Waals surface area contributed by atoms with E-state index in [9.17, 15) is 13.6 Å². The smallest absolute Gasteiger partial charge is 0.303 e. The van der Waals surface area contributed by atoms with Gasteiger partial charge in [0, 0.05) is 23.2 Å². The van der Waals surface area contributed by atoms with Crippen molar-refractivity contribution in [1.82, 2.24) is 4.57 Å². The third-order valence-electron chi connectivity index (χ3n) is 4.61. The Bertz CT molecular complexity index is 989. The van der Waals surface area contributed by atoms with Crippen molar-refractivity contribution in [3.63, 3.8) is 0 Å². The average molecular weight is 357 g/mol. The van der Waals surface area contributed by atoms with Crippen LogP contribution < -0.4 is 0 Å². The number of aryl methyl sites for hydroxylation is 2. The highest BCUT2D eigenvalue weighted by atomic mass is 19.1. The maximum Gasteiger partial charge on any atom is 0.303 e. The molecule has 0 aliphatic carbocycles. The van der Waals surface area contributed by atoms with E-state index in [0.717, 1.165) is 22.5 Å². The Kier molecular flexibility index (Phi) is 4.81.